The number of nitrogens with zero attached hydrogens (tertiary/aromatic N) is 1. The molecule has 2 aromatic rings. The molecule has 1 fully saturated rings. The number of fused-ring (bicyclic) bond motifs is 3. The van der Waals surface area contributed by atoms with Gasteiger partial charge in [-0.25, -0.2) is 0 Å². The van der Waals surface area contributed by atoms with Crippen molar-refractivity contribution >= 4 is 10.9 Å². The lowest BCUT2D eigenvalue weighted by Crippen LogP contribution is -2.36. The summed E-state index contributed by atoms with van der Waals surface area (Å²) < 4.78 is 5.39. The standard InChI is InChI=1S/C20H26N2O2/c23-20-18-6-2-1-5-16(18)17-8-7-15(14-19(17)21-20)4-3-9-22-10-12-24-13-11-22/h7-8,14H,1-6,9-13H2,(H,21,23). The topological polar surface area (TPSA) is 45.3 Å². The minimum Gasteiger partial charge on any atom is -0.379 e. The van der Waals surface area contributed by atoms with E-state index in [1.54, 1.807) is 0 Å². The Kier molecular flexibility index (Phi) is 4.67. The van der Waals surface area contributed by atoms with Gasteiger partial charge < -0.3 is 9.72 Å². The first-order valence-electron chi connectivity index (χ1n) is 9.28. The fourth-order valence-corrected chi connectivity index (χ4v) is 4.10. The second kappa shape index (κ2) is 7.08. The fourth-order valence-electron chi connectivity index (χ4n) is 4.10. The van der Waals surface area contributed by atoms with E-state index in [0.29, 0.717) is 0 Å². The Balaban J connectivity index is 1.50. The summed E-state index contributed by atoms with van der Waals surface area (Å²) in [6.45, 7) is 4.96. The number of ether oxygens (including phenoxy) is 1. The van der Waals surface area contributed by atoms with Crippen LogP contribution in [-0.4, -0.2) is 42.7 Å². The van der Waals surface area contributed by atoms with E-state index in [1.165, 1.54) is 22.9 Å². The molecule has 1 saturated heterocycles. The first kappa shape index (κ1) is 15.9. The third-order valence-corrected chi connectivity index (χ3v) is 5.44. The molecule has 2 heterocycles. The number of aromatic nitrogens is 1. The maximum Gasteiger partial charge on any atom is 0.251 e. The first-order chi connectivity index (χ1) is 11.8. The molecule has 4 heteroatoms. The molecular weight excluding hydrogens is 300 g/mol. The number of hydrogen-bond donors (Lipinski definition) is 1. The molecule has 4 rings (SSSR count). The Hall–Kier alpha value is -1.65. The average molecular weight is 326 g/mol. The van der Waals surface area contributed by atoms with Crippen LogP contribution in [0, 0.1) is 0 Å². The van der Waals surface area contributed by atoms with Gasteiger partial charge in [-0.15, -0.1) is 0 Å². The number of aromatic amines is 1. The van der Waals surface area contributed by atoms with Crippen LogP contribution in [-0.2, 0) is 24.0 Å². The number of aryl methyl sites for hydroxylation is 2. The SMILES string of the molecule is O=c1[nH]c2cc(CCCN3CCOCC3)ccc2c2c1CCCC2. The lowest BCUT2D eigenvalue weighted by atomic mass is 9.89. The molecule has 0 saturated carbocycles. The van der Waals surface area contributed by atoms with Crippen LogP contribution in [0.2, 0.25) is 0 Å². The monoisotopic (exact) mass is 326 g/mol. The van der Waals surface area contributed by atoms with Crippen molar-refractivity contribution in [3.8, 4) is 0 Å². The number of nitrogens with one attached hydrogen (secondary N) is 1. The average Bonchev–Trinajstić information content (AvgIpc) is 2.63. The summed E-state index contributed by atoms with van der Waals surface area (Å²) in [6.07, 6.45) is 6.54. The van der Waals surface area contributed by atoms with Crippen molar-refractivity contribution in [1.82, 2.24) is 9.88 Å². The highest BCUT2D eigenvalue weighted by atomic mass is 16.5. The molecule has 128 valence electrons. The highest BCUT2D eigenvalue weighted by Gasteiger charge is 2.16. The third kappa shape index (κ3) is 3.26. The van der Waals surface area contributed by atoms with Gasteiger partial charge in [-0.05, 0) is 62.3 Å². The predicted molar refractivity (Wildman–Crippen MR) is 96.8 cm³/mol. The van der Waals surface area contributed by atoms with Crippen LogP contribution in [0.5, 0.6) is 0 Å². The normalized spacial score (nSPS) is 18.7. The molecule has 0 radical (unpaired) electrons. The van der Waals surface area contributed by atoms with Gasteiger partial charge in [0.1, 0.15) is 0 Å². The maximum atomic E-state index is 12.3. The largest absolute Gasteiger partial charge is 0.379 e. The lowest BCUT2D eigenvalue weighted by molar-refractivity contribution is 0.0375. The summed E-state index contributed by atoms with van der Waals surface area (Å²) in [5, 5.41) is 1.25. The zero-order valence-corrected chi connectivity index (χ0v) is 14.3. The molecule has 24 heavy (non-hydrogen) atoms. The summed E-state index contributed by atoms with van der Waals surface area (Å²) in [6, 6.07) is 6.65. The van der Waals surface area contributed by atoms with Crippen molar-refractivity contribution in [2.45, 2.75) is 38.5 Å². The number of morpholine rings is 1. The molecule has 1 aromatic carbocycles. The zero-order chi connectivity index (χ0) is 16.4. The highest BCUT2D eigenvalue weighted by Crippen LogP contribution is 2.26. The predicted octanol–water partition coefficient (Wildman–Crippen LogP) is 2.67. The summed E-state index contributed by atoms with van der Waals surface area (Å²) in [5.74, 6) is 0. The molecule has 0 bridgehead atoms. The molecule has 1 N–H and O–H groups in total. The van der Waals surface area contributed by atoms with Gasteiger partial charge in [0.05, 0.1) is 13.2 Å². The molecular formula is C20H26N2O2. The maximum absolute atomic E-state index is 12.3. The van der Waals surface area contributed by atoms with E-state index in [9.17, 15) is 4.79 Å². The Morgan fingerprint density at radius 3 is 2.71 bits per heavy atom. The van der Waals surface area contributed by atoms with Crippen LogP contribution >= 0.6 is 0 Å². The molecule has 1 aliphatic carbocycles. The lowest BCUT2D eigenvalue weighted by Gasteiger charge is -2.26. The Labute approximate surface area is 142 Å². The Morgan fingerprint density at radius 2 is 1.88 bits per heavy atom. The third-order valence-electron chi connectivity index (χ3n) is 5.44. The van der Waals surface area contributed by atoms with E-state index < -0.39 is 0 Å². The van der Waals surface area contributed by atoms with Crippen molar-refractivity contribution < 1.29 is 4.74 Å². The molecule has 0 spiro atoms. The van der Waals surface area contributed by atoms with Gasteiger partial charge in [0.25, 0.3) is 5.56 Å². The minimum absolute atomic E-state index is 0.127. The Bertz CT molecular complexity index is 775. The van der Waals surface area contributed by atoms with Crippen molar-refractivity contribution in [2.24, 2.45) is 0 Å². The number of H-pyrrole nitrogens is 1. The number of pyridine rings is 1. The quantitative estimate of drug-likeness (QED) is 0.939. The summed E-state index contributed by atoms with van der Waals surface area (Å²) in [7, 11) is 0. The number of hydrogen-bond acceptors (Lipinski definition) is 3. The Morgan fingerprint density at radius 1 is 1.08 bits per heavy atom. The van der Waals surface area contributed by atoms with Crippen LogP contribution in [0.3, 0.4) is 0 Å². The number of benzene rings is 1. The van der Waals surface area contributed by atoms with Crippen LogP contribution in [0.4, 0.5) is 0 Å². The van der Waals surface area contributed by atoms with E-state index in [4.69, 9.17) is 4.74 Å². The molecule has 2 aliphatic rings. The second-order valence-electron chi connectivity index (χ2n) is 7.06. The van der Waals surface area contributed by atoms with Gasteiger partial charge in [0.2, 0.25) is 0 Å². The second-order valence-corrected chi connectivity index (χ2v) is 7.06. The van der Waals surface area contributed by atoms with Gasteiger partial charge in [0, 0.05) is 29.6 Å². The zero-order valence-electron chi connectivity index (χ0n) is 14.3. The van der Waals surface area contributed by atoms with Crippen LogP contribution in [0.25, 0.3) is 10.9 Å². The van der Waals surface area contributed by atoms with Gasteiger partial charge >= 0.3 is 0 Å². The van der Waals surface area contributed by atoms with Crippen molar-refractivity contribution in [3.05, 3.63) is 45.2 Å². The fraction of sp³-hybridized carbons (Fsp3) is 0.550. The molecule has 1 aromatic heterocycles. The van der Waals surface area contributed by atoms with Gasteiger partial charge in [-0.3, -0.25) is 9.69 Å². The van der Waals surface area contributed by atoms with Crippen molar-refractivity contribution in [3.63, 3.8) is 0 Å². The molecule has 1 aliphatic heterocycles. The molecule has 4 nitrogen and oxygen atoms in total. The van der Waals surface area contributed by atoms with Crippen LogP contribution < -0.4 is 5.56 Å². The van der Waals surface area contributed by atoms with E-state index >= 15 is 0 Å². The summed E-state index contributed by atoms with van der Waals surface area (Å²) in [4.78, 5) is 17.9. The molecule has 0 amide bonds. The van der Waals surface area contributed by atoms with Crippen LogP contribution in [0.15, 0.2) is 23.0 Å². The van der Waals surface area contributed by atoms with Crippen molar-refractivity contribution in [2.75, 3.05) is 32.8 Å². The van der Waals surface area contributed by atoms with Gasteiger partial charge in [0.15, 0.2) is 0 Å². The first-order valence-corrected chi connectivity index (χ1v) is 9.28. The minimum atomic E-state index is 0.127. The van der Waals surface area contributed by atoms with E-state index in [0.717, 1.165) is 76.0 Å². The number of rotatable bonds is 4. The van der Waals surface area contributed by atoms with Gasteiger partial charge in [-0.2, -0.15) is 0 Å². The van der Waals surface area contributed by atoms with E-state index in [-0.39, 0.29) is 5.56 Å². The summed E-state index contributed by atoms with van der Waals surface area (Å²) in [5.41, 5.74) is 4.78. The smallest absolute Gasteiger partial charge is 0.251 e. The molecule has 0 atom stereocenters. The summed E-state index contributed by atoms with van der Waals surface area (Å²) >= 11 is 0. The van der Waals surface area contributed by atoms with E-state index in [2.05, 4.69) is 28.1 Å². The molecule has 0 unspecified atom stereocenters. The highest BCUT2D eigenvalue weighted by molar-refractivity contribution is 5.83. The van der Waals surface area contributed by atoms with Crippen LogP contribution in [0.1, 0.15) is 36.0 Å². The van der Waals surface area contributed by atoms with E-state index in [1.807, 2.05) is 0 Å². The van der Waals surface area contributed by atoms with Gasteiger partial charge in [-0.1, -0.05) is 12.1 Å². The van der Waals surface area contributed by atoms with Crippen molar-refractivity contribution in [1.29, 1.82) is 0 Å².